The molecule has 7 rings (SSSR count). The molecule has 1 spiro atoms. The Morgan fingerprint density at radius 2 is 1.12 bits per heavy atom. The van der Waals surface area contributed by atoms with Gasteiger partial charge in [0.15, 0.2) is 12.4 Å². The predicted octanol–water partition coefficient (Wildman–Crippen LogP) is 5.50. The largest absolute Gasteiger partial charge is 0.417 e. The van der Waals surface area contributed by atoms with E-state index in [0.29, 0.717) is 0 Å². The maximum absolute atomic E-state index is 2.49. The standard InChI is InChI=1S/C30H22N2/c1-21-10-2-3-11-23(21)22-17-18-29-25-13-5-7-15-27(25)30(32(29)20-22)26-14-6-4-12-24(26)28-16-8-9-19-31(28)30/h2-20H,1H3/q+2. The lowest BCUT2D eigenvalue weighted by Crippen LogP contribution is -2.71. The maximum Gasteiger partial charge on any atom is 0.417 e. The average Bonchev–Trinajstić information content (AvgIpc) is 3.31. The number of hydrogen-bond acceptors (Lipinski definition) is 0. The Hall–Kier alpha value is -4.04. The third-order valence-corrected chi connectivity index (χ3v) is 7.12. The lowest BCUT2D eigenvalue weighted by molar-refractivity contribution is -0.954. The van der Waals surface area contributed by atoms with E-state index in [2.05, 4.69) is 132 Å². The van der Waals surface area contributed by atoms with E-state index in [1.807, 2.05) is 0 Å². The molecule has 2 aliphatic heterocycles. The van der Waals surface area contributed by atoms with Crippen LogP contribution in [0.3, 0.4) is 0 Å². The Morgan fingerprint density at radius 3 is 1.84 bits per heavy atom. The maximum atomic E-state index is 2.49. The van der Waals surface area contributed by atoms with Crippen LogP contribution in [-0.2, 0) is 5.66 Å². The third kappa shape index (κ3) is 2.04. The minimum Gasteiger partial charge on any atom is -0.126 e. The van der Waals surface area contributed by atoms with Crippen LogP contribution in [0.15, 0.2) is 116 Å². The molecule has 3 aromatic carbocycles. The van der Waals surface area contributed by atoms with Crippen molar-refractivity contribution in [3.05, 3.63) is 132 Å². The van der Waals surface area contributed by atoms with E-state index in [4.69, 9.17) is 0 Å². The molecule has 4 heterocycles. The zero-order valence-electron chi connectivity index (χ0n) is 17.9. The lowest BCUT2D eigenvalue weighted by Gasteiger charge is -2.17. The SMILES string of the molecule is Cc1ccccc1-c1ccc2[n+](c1)C1(c3ccccc3-c3cccc[n+]31)c1ccccc1-2. The summed E-state index contributed by atoms with van der Waals surface area (Å²) in [5.41, 5.74) is 11.1. The number of rotatable bonds is 1. The van der Waals surface area contributed by atoms with Gasteiger partial charge in [0.2, 0.25) is 11.4 Å². The van der Waals surface area contributed by atoms with Crippen molar-refractivity contribution >= 4 is 0 Å². The molecular weight excluding hydrogens is 388 g/mol. The van der Waals surface area contributed by atoms with Crippen molar-refractivity contribution in [3.8, 4) is 33.6 Å². The quantitative estimate of drug-likeness (QED) is 0.316. The van der Waals surface area contributed by atoms with Crippen LogP contribution in [0.1, 0.15) is 16.7 Å². The van der Waals surface area contributed by atoms with Gasteiger partial charge >= 0.3 is 5.66 Å². The van der Waals surface area contributed by atoms with Crippen LogP contribution in [-0.4, -0.2) is 0 Å². The van der Waals surface area contributed by atoms with Gasteiger partial charge in [0.05, 0.1) is 11.1 Å². The van der Waals surface area contributed by atoms with Crippen LogP contribution in [0, 0.1) is 6.92 Å². The molecule has 0 saturated carbocycles. The van der Waals surface area contributed by atoms with Crippen molar-refractivity contribution in [2.45, 2.75) is 12.6 Å². The van der Waals surface area contributed by atoms with E-state index >= 15 is 0 Å². The highest BCUT2D eigenvalue weighted by Crippen LogP contribution is 2.46. The van der Waals surface area contributed by atoms with Gasteiger partial charge in [-0.3, -0.25) is 0 Å². The fourth-order valence-corrected chi connectivity index (χ4v) is 5.79. The molecule has 0 fully saturated rings. The van der Waals surface area contributed by atoms with Gasteiger partial charge in [0.25, 0.3) is 0 Å². The van der Waals surface area contributed by atoms with Gasteiger partial charge in [0.1, 0.15) is 11.1 Å². The van der Waals surface area contributed by atoms with Crippen molar-refractivity contribution in [2.24, 2.45) is 0 Å². The van der Waals surface area contributed by atoms with Gasteiger partial charge in [-0.15, -0.1) is 9.13 Å². The Labute approximate surface area is 187 Å². The van der Waals surface area contributed by atoms with Crippen LogP contribution in [0.4, 0.5) is 0 Å². The van der Waals surface area contributed by atoms with Crippen LogP contribution in [0.2, 0.25) is 0 Å². The smallest absolute Gasteiger partial charge is 0.126 e. The summed E-state index contributed by atoms with van der Waals surface area (Å²) in [6, 6.07) is 37.4. The zero-order chi connectivity index (χ0) is 21.3. The monoisotopic (exact) mass is 410 g/mol. The van der Waals surface area contributed by atoms with Crippen molar-refractivity contribution in [3.63, 3.8) is 0 Å². The predicted molar refractivity (Wildman–Crippen MR) is 126 cm³/mol. The van der Waals surface area contributed by atoms with Crippen molar-refractivity contribution in [1.29, 1.82) is 0 Å². The first-order chi connectivity index (χ1) is 15.8. The summed E-state index contributed by atoms with van der Waals surface area (Å²) in [6.07, 6.45) is 4.58. The number of hydrogen-bond donors (Lipinski definition) is 0. The van der Waals surface area contributed by atoms with E-state index in [9.17, 15) is 0 Å². The molecule has 2 nitrogen and oxygen atoms in total. The first kappa shape index (κ1) is 17.6. The summed E-state index contributed by atoms with van der Waals surface area (Å²) in [6.45, 7) is 2.19. The Morgan fingerprint density at radius 1 is 0.531 bits per heavy atom. The molecule has 32 heavy (non-hydrogen) atoms. The van der Waals surface area contributed by atoms with Gasteiger partial charge in [-0.2, -0.15) is 0 Å². The van der Waals surface area contributed by atoms with Crippen molar-refractivity contribution in [1.82, 2.24) is 0 Å². The molecule has 0 aliphatic carbocycles. The molecule has 2 heteroatoms. The van der Waals surface area contributed by atoms with Crippen LogP contribution in [0.5, 0.6) is 0 Å². The minimum absolute atomic E-state index is 0.433. The number of aromatic nitrogens is 2. The number of benzene rings is 3. The Bertz CT molecular complexity index is 1480. The van der Waals surface area contributed by atoms with Gasteiger partial charge in [-0.05, 0) is 54.4 Å². The summed E-state index contributed by atoms with van der Waals surface area (Å²) in [5, 5.41) is 0. The molecule has 0 radical (unpaired) electrons. The Balaban J connectivity index is 1.64. The molecule has 1 unspecified atom stereocenters. The molecule has 2 aromatic heterocycles. The van der Waals surface area contributed by atoms with Gasteiger partial charge in [-0.1, -0.05) is 48.5 Å². The molecule has 1 atom stereocenters. The normalized spacial score (nSPS) is 17.0. The fourth-order valence-electron chi connectivity index (χ4n) is 5.79. The van der Waals surface area contributed by atoms with Gasteiger partial charge < -0.3 is 0 Å². The highest BCUT2D eigenvalue weighted by Gasteiger charge is 2.66. The van der Waals surface area contributed by atoms with Crippen LogP contribution >= 0.6 is 0 Å². The van der Waals surface area contributed by atoms with E-state index < -0.39 is 5.66 Å². The summed E-state index contributed by atoms with van der Waals surface area (Å²) in [7, 11) is 0. The highest BCUT2D eigenvalue weighted by molar-refractivity contribution is 5.75. The third-order valence-electron chi connectivity index (χ3n) is 7.12. The number of nitrogens with zero attached hydrogens (tertiary/aromatic N) is 2. The van der Waals surface area contributed by atoms with E-state index in [0.717, 1.165) is 0 Å². The van der Waals surface area contributed by atoms with Crippen molar-refractivity contribution < 1.29 is 9.13 Å². The summed E-state index contributed by atoms with van der Waals surface area (Å²) >= 11 is 0. The van der Waals surface area contributed by atoms with Gasteiger partial charge in [0, 0.05) is 23.8 Å². The molecule has 0 amide bonds. The zero-order valence-corrected chi connectivity index (χ0v) is 17.9. The lowest BCUT2D eigenvalue weighted by atomic mass is 9.90. The summed E-state index contributed by atoms with van der Waals surface area (Å²) < 4.78 is 4.95. The highest BCUT2D eigenvalue weighted by atomic mass is 15.3. The second kappa shape index (κ2) is 6.24. The minimum atomic E-state index is -0.433. The van der Waals surface area contributed by atoms with E-state index in [1.165, 1.54) is 50.3 Å². The molecule has 0 saturated heterocycles. The van der Waals surface area contributed by atoms with E-state index in [1.54, 1.807) is 0 Å². The molecule has 2 aliphatic rings. The fraction of sp³-hybridized carbons (Fsp3) is 0.0667. The first-order valence-electron chi connectivity index (χ1n) is 11.1. The molecule has 150 valence electrons. The molecular formula is C30H22N2+2. The summed E-state index contributed by atoms with van der Waals surface area (Å²) in [5.74, 6) is 0. The number of fused-ring (bicyclic) bond motifs is 10. The topological polar surface area (TPSA) is 7.76 Å². The summed E-state index contributed by atoms with van der Waals surface area (Å²) in [4.78, 5) is 0. The van der Waals surface area contributed by atoms with Gasteiger partial charge in [-0.25, -0.2) is 0 Å². The van der Waals surface area contributed by atoms with Crippen LogP contribution in [0.25, 0.3) is 33.6 Å². The first-order valence-corrected chi connectivity index (χ1v) is 11.1. The van der Waals surface area contributed by atoms with Crippen LogP contribution < -0.4 is 9.13 Å². The second-order valence-corrected chi connectivity index (χ2v) is 8.71. The second-order valence-electron chi connectivity index (χ2n) is 8.71. The molecule has 0 bridgehead atoms. The number of aryl methyl sites for hydroxylation is 1. The average molecular weight is 411 g/mol. The molecule has 5 aromatic rings. The van der Waals surface area contributed by atoms with Crippen molar-refractivity contribution in [2.75, 3.05) is 0 Å². The molecule has 0 N–H and O–H groups in total. The number of pyridine rings is 2. The Kier molecular flexibility index (Phi) is 3.44. The van der Waals surface area contributed by atoms with E-state index in [-0.39, 0.29) is 0 Å².